The second kappa shape index (κ2) is 13.6. The third kappa shape index (κ3) is 5.55. The van der Waals surface area contributed by atoms with Crippen LogP contribution in [0.4, 0.5) is 17.1 Å². The van der Waals surface area contributed by atoms with Crippen molar-refractivity contribution in [3.05, 3.63) is 212 Å². The van der Waals surface area contributed by atoms with Crippen molar-refractivity contribution in [1.29, 1.82) is 0 Å². The maximum absolute atomic E-state index is 6.31. The normalized spacial score (nSPS) is 11.7. The highest BCUT2D eigenvalue weighted by atomic mass is 32.1. The van der Waals surface area contributed by atoms with Crippen molar-refractivity contribution >= 4 is 92.1 Å². The highest BCUT2D eigenvalue weighted by molar-refractivity contribution is 7.25. The van der Waals surface area contributed by atoms with Crippen LogP contribution in [0.5, 0.6) is 0 Å². The van der Waals surface area contributed by atoms with Crippen LogP contribution in [0, 0.1) is 0 Å². The van der Waals surface area contributed by atoms with E-state index in [-0.39, 0.29) is 0 Å². The van der Waals surface area contributed by atoms with Crippen molar-refractivity contribution in [3.8, 4) is 33.4 Å². The van der Waals surface area contributed by atoms with Crippen molar-refractivity contribution in [3.63, 3.8) is 0 Å². The zero-order chi connectivity index (χ0) is 38.9. The molecule has 0 aliphatic heterocycles. The zero-order valence-electron chi connectivity index (χ0n) is 32.0. The van der Waals surface area contributed by atoms with Gasteiger partial charge in [0.05, 0.1) is 5.69 Å². The summed E-state index contributed by atoms with van der Waals surface area (Å²) < 4.78 is 8.89. The van der Waals surface area contributed by atoms with Crippen LogP contribution >= 0.6 is 11.3 Å². The Morgan fingerprint density at radius 2 is 0.831 bits per heavy atom. The maximum atomic E-state index is 6.31. The third-order valence-corrected chi connectivity index (χ3v) is 13.0. The fourth-order valence-electron chi connectivity index (χ4n) is 9.08. The minimum atomic E-state index is 0.899. The van der Waals surface area contributed by atoms with E-state index in [1.165, 1.54) is 64.0 Å². The molecule has 2 heterocycles. The summed E-state index contributed by atoms with van der Waals surface area (Å²) in [6, 6.07) is 77.2. The van der Waals surface area contributed by atoms with Crippen LogP contribution < -0.4 is 4.90 Å². The van der Waals surface area contributed by atoms with E-state index in [1.807, 2.05) is 23.5 Å². The van der Waals surface area contributed by atoms with E-state index in [9.17, 15) is 0 Å². The first-order valence-electron chi connectivity index (χ1n) is 20.1. The van der Waals surface area contributed by atoms with Gasteiger partial charge in [0.25, 0.3) is 0 Å². The highest BCUT2D eigenvalue weighted by Crippen LogP contribution is 2.50. The Morgan fingerprint density at radius 3 is 1.63 bits per heavy atom. The van der Waals surface area contributed by atoms with Crippen LogP contribution in [-0.2, 0) is 0 Å². The molecule has 3 heteroatoms. The number of anilines is 3. The molecule has 0 radical (unpaired) electrons. The van der Waals surface area contributed by atoms with Crippen molar-refractivity contribution < 1.29 is 4.42 Å². The largest absolute Gasteiger partial charge is 0.456 e. The fourth-order valence-corrected chi connectivity index (χ4v) is 10.2. The number of benzene rings is 10. The van der Waals surface area contributed by atoms with Gasteiger partial charge < -0.3 is 9.32 Å². The van der Waals surface area contributed by atoms with E-state index in [1.54, 1.807) is 0 Å². The van der Waals surface area contributed by atoms with Crippen LogP contribution in [-0.4, -0.2) is 0 Å². The predicted octanol–water partition coefficient (Wildman–Crippen LogP) is 16.7. The molecule has 12 rings (SSSR count). The number of fused-ring (bicyclic) bond motifs is 9. The standard InChI is InChI=1S/C56H35NOS/c1-2-12-36(13-3-1)37-22-24-39(25-23-37)55-48-18-6-4-14-43(48)44-15-5-7-19-49(44)56(55)57(42-31-33-54-50(35-42)47-17-9-11-21-53(47)59-54)41-29-26-38(27-30-41)40-28-32-46-45-16-8-10-20-51(45)58-52(46)34-40/h1-35H. The molecule has 0 unspecified atom stereocenters. The summed E-state index contributed by atoms with van der Waals surface area (Å²) in [4.78, 5) is 2.49. The van der Waals surface area contributed by atoms with Gasteiger partial charge in [-0.25, -0.2) is 0 Å². The van der Waals surface area contributed by atoms with Gasteiger partial charge in [0.1, 0.15) is 11.2 Å². The second-order valence-corrected chi connectivity index (χ2v) is 16.3. The molecule has 59 heavy (non-hydrogen) atoms. The minimum Gasteiger partial charge on any atom is -0.456 e. The van der Waals surface area contributed by atoms with E-state index in [0.717, 1.165) is 50.1 Å². The molecule has 2 aromatic heterocycles. The molecule has 10 aromatic carbocycles. The molecule has 0 saturated heterocycles. The van der Waals surface area contributed by atoms with Crippen LogP contribution in [0.1, 0.15) is 0 Å². The Morgan fingerprint density at radius 1 is 0.305 bits per heavy atom. The molecule has 2 nitrogen and oxygen atoms in total. The van der Waals surface area contributed by atoms with E-state index in [4.69, 9.17) is 4.42 Å². The van der Waals surface area contributed by atoms with E-state index in [2.05, 4.69) is 205 Å². The Balaban J connectivity index is 1.11. The van der Waals surface area contributed by atoms with Gasteiger partial charge in [0.2, 0.25) is 0 Å². The van der Waals surface area contributed by atoms with Gasteiger partial charge in [-0.3, -0.25) is 0 Å². The molecular formula is C56H35NOS. The van der Waals surface area contributed by atoms with Crippen LogP contribution in [0.15, 0.2) is 217 Å². The molecule has 0 bridgehead atoms. The minimum absolute atomic E-state index is 0.899. The van der Waals surface area contributed by atoms with Gasteiger partial charge in [-0.1, -0.05) is 158 Å². The monoisotopic (exact) mass is 769 g/mol. The number of hydrogen-bond acceptors (Lipinski definition) is 3. The SMILES string of the molecule is c1ccc(-c2ccc(-c3c(N(c4ccc(-c5ccc6c(c5)oc5ccccc56)cc4)c4ccc5sc6ccccc6c5c4)c4ccccc4c4ccccc34)cc2)cc1. The highest BCUT2D eigenvalue weighted by Gasteiger charge is 2.24. The summed E-state index contributed by atoms with van der Waals surface area (Å²) in [6.45, 7) is 0. The quantitative estimate of drug-likeness (QED) is 0.157. The summed E-state index contributed by atoms with van der Waals surface area (Å²) in [5, 5.41) is 9.71. The van der Waals surface area contributed by atoms with Gasteiger partial charge in [-0.05, 0) is 98.6 Å². The van der Waals surface area contributed by atoms with Crippen LogP contribution in [0.25, 0.3) is 97.0 Å². The molecule has 0 atom stereocenters. The van der Waals surface area contributed by atoms with E-state index >= 15 is 0 Å². The zero-order valence-corrected chi connectivity index (χ0v) is 32.8. The van der Waals surface area contributed by atoms with Crippen LogP contribution in [0.3, 0.4) is 0 Å². The van der Waals surface area contributed by atoms with Gasteiger partial charge in [-0.15, -0.1) is 11.3 Å². The Kier molecular flexibility index (Phi) is 7.75. The molecule has 0 N–H and O–H groups in total. The summed E-state index contributed by atoms with van der Waals surface area (Å²) in [7, 11) is 0. The predicted molar refractivity (Wildman–Crippen MR) is 253 cm³/mol. The smallest absolute Gasteiger partial charge is 0.136 e. The van der Waals surface area contributed by atoms with Crippen molar-refractivity contribution in [2.75, 3.05) is 4.90 Å². The first-order valence-corrected chi connectivity index (χ1v) is 20.9. The summed E-state index contributed by atoms with van der Waals surface area (Å²) in [5.41, 5.74) is 12.2. The summed E-state index contributed by atoms with van der Waals surface area (Å²) >= 11 is 1.85. The summed E-state index contributed by atoms with van der Waals surface area (Å²) in [6.07, 6.45) is 0. The lowest BCUT2D eigenvalue weighted by atomic mass is 9.89. The van der Waals surface area contributed by atoms with Gasteiger partial charge in [0.15, 0.2) is 0 Å². The number of furan rings is 1. The van der Waals surface area contributed by atoms with Crippen molar-refractivity contribution in [2.24, 2.45) is 0 Å². The number of thiophene rings is 1. The van der Waals surface area contributed by atoms with E-state index < -0.39 is 0 Å². The van der Waals surface area contributed by atoms with Crippen molar-refractivity contribution in [1.82, 2.24) is 0 Å². The van der Waals surface area contributed by atoms with Crippen molar-refractivity contribution in [2.45, 2.75) is 0 Å². The van der Waals surface area contributed by atoms with Gasteiger partial charge in [-0.2, -0.15) is 0 Å². The number of hydrogen-bond donors (Lipinski definition) is 0. The summed E-state index contributed by atoms with van der Waals surface area (Å²) in [5.74, 6) is 0. The Bertz CT molecular complexity index is 3540. The second-order valence-electron chi connectivity index (χ2n) is 15.2. The van der Waals surface area contributed by atoms with Gasteiger partial charge in [0, 0.05) is 53.3 Å². The molecule has 0 aliphatic rings. The molecule has 0 aliphatic carbocycles. The lowest BCUT2D eigenvalue weighted by molar-refractivity contribution is 0.669. The molecule has 0 saturated carbocycles. The molecule has 276 valence electrons. The van der Waals surface area contributed by atoms with E-state index in [0.29, 0.717) is 0 Å². The first-order chi connectivity index (χ1) is 29.2. The number of rotatable bonds is 6. The lowest BCUT2D eigenvalue weighted by Crippen LogP contribution is -2.12. The first kappa shape index (κ1) is 33.7. The maximum Gasteiger partial charge on any atom is 0.136 e. The Labute approximate surface area is 345 Å². The average Bonchev–Trinajstić information content (AvgIpc) is 3.87. The molecule has 0 fully saturated rings. The van der Waals surface area contributed by atoms with Gasteiger partial charge >= 0.3 is 0 Å². The van der Waals surface area contributed by atoms with Crippen LogP contribution in [0.2, 0.25) is 0 Å². The third-order valence-electron chi connectivity index (χ3n) is 11.9. The molecule has 0 spiro atoms. The fraction of sp³-hybridized carbons (Fsp3) is 0. The average molecular weight is 770 g/mol. The molecular weight excluding hydrogens is 735 g/mol. The topological polar surface area (TPSA) is 16.4 Å². The number of para-hydroxylation sites is 1. The molecule has 0 amide bonds. The molecule has 12 aromatic rings. The number of nitrogens with zero attached hydrogens (tertiary/aromatic N) is 1. The Hall–Kier alpha value is -7.46. The lowest BCUT2D eigenvalue weighted by Gasteiger charge is -2.31.